The molecule has 8 nitrogen and oxygen atoms in total. The Balaban J connectivity index is 1.37. The van der Waals surface area contributed by atoms with Crippen LogP contribution in [0.1, 0.15) is 30.1 Å². The largest absolute Gasteiger partial charge is 0.494 e. The molecule has 1 saturated carbocycles. The zero-order chi connectivity index (χ0) is 24.0. The fourth-order valence-corrected chi connectivity index (χ4v) is 5.90. The molecule has 3 fully saturated rings. The Morgan fingerprint density at radius 1 is 1.29 bits per heavy atom. The summed E-state index contributed by atoms with van der Waals surface area (Å²) in [5.74, 6) is 2.13. The number of amides is 1. The van der Waals surface area contributed by atoms with Gasteiger partial charge in [0.05, 0.1) is 23.3 Å². The molecule has 180 valence electrons. The highest BCUT2D eigenvalue weighted by atomic mass is 35.5. The van der Waals surface area contributed by atoms with Gasteiger partial charge in [-0.25, -0.2) is 9.97 Å². The lowest BCUT2D eigenvalue weighted by molar-refractivity contribution is 0.0727. The van der Waals surface area contributed by atoms with Crippen LogP contribution >= 0.6 is 11.6 Å². The van der Waals surface area contributed by atoms with Crippen LogP contribution in [0.25, 0.3) is 33.6 Å². The average molecular weight is 491 g/mol. The number of likely N-dealkylation sites (tertiary alicyclic amines) is 1. The second kappa shape index (κ2) is 7.45. The Hall–Kier alpha value is -3.10. The molecule has 9 heteroatoms. The van der Waals surface area contributed by atoms with Gasteiger partial charge in [0.25, 0.3) is 5.91 Å². The van der Waals surface area contributed by atoms with Crippen molar-refractivity contribution >= 4 is 39.6 Å². The third-order valence-corrected chi connectivity index (χ3v) is 8.24. The Morgan fingerprint density at radius 3 is 2.83 bits per heavy atom. The van der Waals surface area contributed by atoms with Crippen molar-refractivity contribution in [1.29, 1.82) is 0 Å². The van der Waals surface area contributed by atoms with E-state index in [-0.39, 0.29) is 11.9 Å². The number of piperazine rings is 1. The SMILES string of the molecule is COc1cc(C(=O)N2C[C@H]3N[C@H]3[C@H]2C)cc2nc(-c3cc4c(Cl)ccnc4n3CC3CC3)n(C)c12. The van der Waals surface area contributed by atoms with Gasteiger partial charge in [0.15, 0.2) is 5.82 Å². The highest BCUT2D eigenvalue weighted by Crippen LogP contribution is 2.39. The Kier molecular flexibility index (Phi) is 4.51. The van der Waals surface area contributed by atoms with Gasteiger partial charge >= 0.3 is 0 Å². The van der Waals surface area contributed by atoms with Crippen LogP contribution in [0.4, 0.5) is 0 Å². The molecule has 35 heavy (non-hydrogen) atoms. The van der Waals surface area contributed by atoms with Crippen molar-refractivity contribution in [2.45, 2.75) is 44.4 Å². The first-order valence-electron chi connectivity index (χ1n) is 12.2. The minimum Gasteiger partial charge on any atom is -0.494 e. The number of hydrogen-bond acceptors (Lipinski definition) is 5. The molecule has 1 amide bonds. The molecule has 1 aliphatic carbocycles. The number of methoxy groups -OCH3 is 1. The molecule has 7 rings (SSSR count). The predicted molar refractivity (Wildman–Crippen MR) is 135 cm³/mol. The van der Waals surface area contributed by atoms with E-state index in [1.807, 2.05) is 34.7 Å². The smallest absolute Gasteiger partial charge is 0.254 e. The first-order chi connectivity index (χ1) is 16.9. The molecule has 0 unspecified atom stereocenters. The highest BCUT2D eigenvalue weighted by molar-refractivity contribution is 6.35. The van der Waals surface area contributed by atoms with Gasteiger partial charge in [-0.05, 0) is 49.9 Å². The summed E-state index contributed by atoms with van der Waals surface area (Å²) in [5.41, 5.74) is 4.06. The quantitative estimate of drug-likeness (QED) is 0.429. The maximum absolute atomic E-state index is 13.4. The van der Waals surface area contributed by atoms with Crippen LogP contribution in [0.2, 0.25) is 5.02 Å². The van der Waals surface area contributed by atoms with Crippen molar-refractivity contribution in [3.63, 3.8) is 0 Å². The van der Waals surface area contributed by atoms with Crippen LogP contribution < -0.4 is 10.1 Å². The lowest BCUT2D eigenvalue weighted by Crippen LogP contribution is -2.40. The zero-order valence-corrected chi connectivity index (χ0v) is 20.7. The van der Waals surface area contributed by atoms with Gasteiger partial charge in [-0.3, -0.25) is 4.79 Å². The van der Waals surface area contributed by atoms with Crippen molar-refractivity contribution < 1.29 is 9.53 Å². The van der Waals surface area contributed by atoms with E-state index < -0.39 is 0 Å². The lowest BCUT2D eigenvalue weighted by Gasteiger charge is -2.24. The van der Waals surface area contributed by atoms with E-state index in [1.54, 1.807) is 13.3 Å². The second-order valence-corrected chi connectivity index (χ2v) is 10.6. The van der Waals surface area contributed by atoms with Gasteiger partial charge in [0.2, 0.25) is 0 Å². The summed E-state index contributed by atoms with van der Waals surface area (Å²) in [4.78, 5) is 25.0. The molecule has 0 spiro atoms. The Labute approximate surface area is 207 Å². The number of fused-ring (bicyclic) bond motifs is 3. The van der Waals surface area contributed by atoms with Crippen molar-refractivity contribution in [3.8, 4) is 17.3 Å². The minimum absolute atomic E-state index is 0.0257. The number of benzene rings is 1. The molecule has 3 atom stereocenters. The van der Waals surface area contributed by atoms with Crippen molar-refractivity contribution in [3.05, 3.63) is 41.0 Å². The molecule has 1 aromatic carbocycles. The van der Waals surface area contributed by atoms with E-state index in [1.165, 1.54) is 12.8 Å². The number of halogens is 1. The van der Waals surface area contributed by atoms with Gasteiger partial charge in [-0.15, -0.1) is 0 Å². The molecule has 2 aliphatic heterocycles. The molecule has 0 bridgehead atoms. The van der Waals surface area contributed by atoms with Gasteiger partial charge < -0.3 is 24.1 Å². The van der Waals surface area contributed by atoms with E-state index in [9.17, 15) is 4.79 Å². The minimum atomic E-state index is 0.0257. The van der Waals surface area contributed by atoms with Crippen LogP contribution in [-0.2, 0) is 13.6 Å². The van der Waals surface area contributed by atoms with E-state index in [4.69, 9.17) is 21.3 Å². The molecule has 3 aliphatic rings. The number of nitrogens with one attached hydrogen (secondary N) is 1. The normalized spacial score (nSPS) is 23.3. The van der Waals surface area contributed by atoms with Gasteiger partial charge in [-0.1, -0.05) is 11.6 Å². The number of rotatable bonds is 5. The van der Waals surface area contributed by atoms with Crippen molar-refractivity contribution in [2.24, 2.45) is 13.0 Å². The van der Waals surface area contributed by atoms with Crippen LogP contribution in [0, 0.1) is 5.92 Å². The van der Waals surface area contributed by atoms with Crippen molar-refractivity contribution in [1.82, 2.24) is 29.3 Å². The summed E-state index contributed by atoms with van der Waals surface area (Å²) in [6.07, 6.45) is 4.22. The number of carbonyl (C=O) groups is 1. The fourth-order valence-electron chi connectivity index (χ4n) is 5.70. The number of pyridine rings is 1. The maximum Gasteiger partial charge on any atom is 0.254 e. The molecule has 5 heterocycles. The van der Waals surface area contributed by atoms with E-state index >= 15 is 0 Å². The highest BCUT2D eigenvalue weighted by Gasteiger charge is 2.51. The predicted octanol–water partition coefficient (Wildman–Crippen LogP) is 3.85. The summed E-state index contributed by atoms with van der Waals surface area (Å²) in [6, 6.07) is 8.67. The van der Waals surface area contributed by atoms with Gasteiger partial charge in [-0.2, -0.15) is 0 Å². The van der Waals surface area contributed by atoms with Crippen LogP contribution in [0.5, 0.6) is 5.75 Å². The molecular formula is C26H27ClN6O2. The second-order valence-electron chi connectivity index (χ2n) is 10.2. The standard InChI is InChI=1S/C26H27ClN6O2/c1-13-22-19(29-22)12-32(13)26(34)15-8-18-23(21(9-15)35-3)31(2)25(30-18)20-10-16-17(27)6-7-28-24(16)33(20)11-14-4-5-14/h6-10,13-14,19,22,29H,4-5,11-12H2,1-3H3/t13-,19-,22+/m1/s1. The lowest BCUT2D eigenvalue weighted by atomic mass is 10.1. The number of imidazole rings is 1. The third kappa shape index (κ3) is 3.19. The number of carbonyl (C=O) groups excluding carboxylic acids is 1. The average Bonchev–Trinajstić information content (AvgIpc) is 3.74. The number of aryl methyl sites for hydroxylation is 1. The third-order valence-electron chi connectivity index (χ3n) is 7.91. The molecule has 2 saturated heterocycles. The number of aromatic nitrogens is 4. The number of ether oxygens (including phenoxy) is 1. The Morgan fingerprint density at radius 2 is 2.11 bits per heavy atom. The first kappa shape index (κ1) is 21.2. The molecule has 0 radical (unpaired) electrons. The van der Waals surface area contributed by atoms with Crippen molar-refractivity contribution in [2.75, 3.05) is 13.7 Å². The van der Waals surface area contributed by atoms with E-state index in [0.29, 0.717) is 34.3 Å². The van der Waals surface area contributed by atoms with Crippen LogP contribution in [-0.4, -0.2) is 61.7 Å². The zero-order valence-electron chi connectivity index (χ0n) is 20.0. The molecular weight excluding hydrogens is 464 g/mol. The maximum atomic E-state index is 13.4. The van der Waals surface area contributed by atoms with Gasteiger partial charge in [0.1, 0.15) is 16.9 Å². The summed E-state index contributed by atoms with van der Waals surface area (Å²) < 4.78 is 10.1. The molecule has 4 aromatic rings. The summed E-state index contributed by atoms with van der Waals surface area (Å²) >= 11 is 6.54. The van der Waals surface area contributed by atoms with Gasteiger partial charge in [0, 0.05) is 55.4 Å². The fraction of sp³-hybridized carbons (Fsp3) is 0.423. The first-order valence-corrected chi connectivity index (χ1v) is 12.6. The molecule has 3 aromatic heterocycles. The Bertz CT molecular complexity index is 1520. The number of hydrogen-bond donors (Lipinski definition) is 1. The van der Waals surface area contributed by atoms with E-state index in [2.05, 4.69) is 27.9 Å². The summed E-state index contributed by atoms with van der Waals surface area (Å²) in [5, 5.41) is 5.03. The summed E-state index contributed by atoms with van der Waals surface area (Å²) in [6.45, 7) is 3.74. The molecule has 1 N–H and O–H groups in total. The van der Waals surface area contributed by atoms with Crippen LogP contribution in [0.3, 0.4) is 0 Å². The van der Waals surface area contributed by atoms with E-state index in [0.717, 1.165) is 46.7 Å². The van der Waals surface area contributed by atoms with Crippen LogP contribution in [0.15, 0.2) is 30.5 Å². The topological polar surface area (TPSA) is 87.1 Å². The monoisotopic (exact) mass is 490 g/mol. The summed E-state index contributed by atoms with van der Waals surface area (Å²) in [7, 11) is 3.63. The number of nitrogens with zero attached hydrogens (tertiary/aromatic N) is 5.